The third kappa shape index (κ3) is 1.20. The summed E-state index contributed by atoms with van der Waals surface area (Å²) >= 11 is 0. The first-order valence-corrected chi connectivity index (χ1v) is 5.02. The van der Waals surface area contributed by atoms with Crippen LogP contribution in [0.4, 0.5) is 0 Å². The lowest BCUT2D eigenvalue weighted by Crippen LogP contribution is -3.13. The summed E-state index contributed by atoms with van der Waals surface area (Å²) in [6, 6.07) is 0. The van der Waals surface area contributed by atoms with Crippen molar-refractivity contribution in [2.45, 2.75) is 50.5 Å². The molecule has 1 aliphatic carbocycles. The molecule has 1 heterocycles. The second-order valence-corrected chi connectivity index (χ2v) is 4.30. The highest BCUT2D eigenvalue weighted by molar-refractivity contribution is 4.85. The summed E-state index contributed by atoms with van der Waals surface area (Å²) in [7, 11) is 4.23. The molecule has 0 aromatic carbocycles. The lowest BCUT2D eigenvalue weighted by atomic mass is 9.80. The van der Waals surface area contributed by atoms with Gasteiger partial charge in [-0.25, -0.2) is 0 Å². The predicted molar refractivity (Wildman–Crippen MR) is 46.2 cm³/mol. The Bertz CT molecular complexity index is 136. The Hall–Kier alpha value is -0.0400. The van der Waals surface area contributed by atoms with Crippen molar-refractivity contribution in [2.24, 2.45) is 0 Å². The molecule has 1 aliphatic heterocycles. The van der Waals surface area contributed by atoms with Crippen molar-refractivity contribution in [1.82, 2.24) is 0 Å². The number of quaternary nitrogens is 1. The first-order chi connectivity index (χ1) is 5.33. The third-order valence-electron chi connectivity index (χ3n) is 3.69. The van der Waals surface area contributed by atoms with Gasteiger partial charge < -0.3 is 4.90 Å². The molecular formula is C10H19N. The Balaban J connectivity index is 2.06. The van der Waals surface area contributed by atoms with Gasteiger partial charge in [0.1, 0.15) is 0 Å². The van der Waals surface area contributed by atoms with Crippen molar-refractivity contribution in [3.8, 4) is 0 Å². The molecule has 0 amide bonds. The van der Waals surface area contributed by atoms with Crippen LogP contribution in [0, 0.1) is 7.05 Å². The molecule has 2 rings (SSSR count). The van der Waals surface area contributed by atoms with Gasteiger partial charge in [0, 0.05) is 25.7 Å². The standard InChI is InChI=1S/C10H19N/c1-11-9-5-8-10(11)6-3-2-4-7-10/h11H,1-9H2. The van der Waals surface area contributed by atoms with E-state index < -0.39 is 0 Å². The molecule has 0 radical (unpaired) electrons. The SMILES string of the molecule is [CH2-][NH+]1CCCC12CCCCC2. The van der Waals surface area contributed by atoms with Gasteiger partial charge in [0.15, 0.2) is 0 Å². The van der Waals surface area contributed by atoms with E-state index in [1.54, 1.807) is 4.90 Å². The normalized spacial score (nSPS) is 36.3. The molecule has 1 nitrogen and oxygen atoms in total. The molecule has 1 atom stereocenters. The molecule has 1 spiro atoms. The van der Waals surface area contributed by atoms with Gasteiger partial charge in [-0.3, -0.25) is 0 Å². The van der Waals surface area contributed by atoms with Gasteiger partial charge in [-0.15, -0.1) is 0 Å². The Morgan fingerprint density at radius 2 is 1.55 bits per heavy atom. The molecule has 2 fully saturated rings. The zero-order chi connectivity index (χ0) is 7.73. The summed E-state index contributed by atoms with van der Waals surface area (Å²) in [5.41, 5.74) is 0.637. The van der Waals surface area contributed by atoms with Crippen LogP contribution in [-0.2, 0) is 0 Å². The molecule has 0 aromatic rings. The van der Waals surface area contributed by atoms with E-state index in [2.05, 4.69) is 7.05 Å². The van der Waals surface area contributed by atoms with E-state index in [4.69, 9.17) is 0 Å². The first-order valence-electron chi connectivity index (χ1n) is 5.02. The number of nitrogens with one attached hydrogen (secondary N) is 1. The highest BCUT2D eigenvalue weighted by Crippen LogP contribution is 2.31. The average Bonchev–Trinajstić information content (AvgIpc) is 2.36. The molecule has 64 valence electrons. The lowest BCUT2D eigenvalue weighted by molar-refractivity contribution is -0.898. The molecule has 11 heavy (non-hydrogen) atoms. The Morgan fingerprint density at radius 1 is 0.909 bits per heavy atom. The Labute approximate surface area is 69.8 Å². The summed E-state index contributed by atoms with van der Waals surface area (Å²) in [5.74, 6) is 0. The molecule has 2 aliphatic rings. The highest BCUT2D eigenvalue weighted by atomic mass is 15.2. The molecule has 0 bridgehead atoms. The maximum absolute atomic E-state index is 4.23. The fraction of sp³-hybridized carbons (Fsp3) is 0.900. The van der Waals surface area contributed by atoms with Crippen LogP contribution in [0.15, 0.2) is 0 Å². The van der Waals surface area contributed by atoms with Crippen LogP contribution in [0.2, 0.25) is 0 Å². The molecule has 1 N–H and O–H groups in total. The van der Waals surface area contributed by atoms with Crippen molar-refractivity contribution < 1.29 is 4.90 Å². The van der Waals surface area contributed by atoms with Gasteiger partial charge in [-0.1, -0.05) is 6.42 Å². The van der Waals surface area contributed by atoms with E-state index in [9.17, 15) is 0 Å². The van der Waals surface area contributed by atoms with Crippen molar-refractivity contribution in [3.63, 3.8) is 0 Å². The lowest BCUT2D eigenvalue weighted by Gasteiger charge is -2.40. The average molecular weight is 153 g/mol. The largest absolute Gasteiger partial charge is 0.463 e. The fourth-order valence-electron chi connectivity index (χ4n) is 2.91. The molecule has 1 saturated carbocycles. The van der Waals surface area contributed by atoms with Crippen LogP contribution in [0.25, 0.3) is 0 Å². The maximum atomic E-state index is 4.23. The van der Waals surface area contributed by atoms with E-state index in [-0.39, 0.29) is 0 Å². The van der Waals surface area contributed by atoms with Crippen LogP contribution in [0.5, 0.6) is 0 Å². The molecule has 1 unspecified atom stereocenters. The van der Waals surface area contributed by atoms with Crippen LogP contribution in [0.3, 0.4) is 0 Å². The minimum atomic E-state index is 0.637. The van der Waals surface area contributed by atoms with Crippen LogP contribution in [-0.4, -0.2) is 12.1 Å². The number of likely N-dealkylation sites (tertiary alicyclic amines) is 1. The first kappa shape index (κ1) is 7.60. The third-order valence-corrected chi connectivity index (χ3v) is 3.69. The van der Waals surface area contributed by atoms with Gasteiger partial charge >= 0.3 is 0 Å². The van der Waals surface area contributed by atoms with Gasteiger partial charge in [-0.05, 0) is 12.8 Å². The van der Waals surface area contributed by atoms with Crippen LogP contribution >= 0.6 is 0 Å². The zero-order valence-electron chi connectivity index (χ0n) is 7.36. The van der Waals surface area contributed by atoms with E-state index in [0.717, 1.165) is 0 Å². The minimum Gasteiger partial charge on any atom is -0.463 e. The summed E-state index contributed by atoms with van der Waals surface area (Å²) < 4.78 is 0. The smallest absolute Gasteiger partial charge is 0.0740 e. The molecule has 0 aromatic heterocycles. The quantitative estimate of drug-likeness (QED) is 0.498. The molecule has 1 heteroatoms. The van der Waals surface area contributed by atoms with Crippen molar-refractivity contribution in [3.05, 3.63) is 7.05 Å². The number of hydrogen-bond donors (Lipinski definition) is 1. The van der Waals surface area contributed by atoms with Gasteiger partial charge in [0.05, 0.1) is 12.1 Å². The molecule has 1 saturated heterocycles. The highest BCUT2D eigenvalue weighted by Gasteiger charge is 2.40. The zero-order valence-corrected chi connectivity index (χ0v) is 7.36. The van der Waals surface area contributed by atoms with Gasteiger partial charge in [0.2, 0.25) is 0 Å². The van der Waals surface area contributed by atoms with E-state index in [0.29, 0.717) is 5.54 Å². The van der Waals surface area contributed by atoms with Crippen molar-refractivity contribution in [1.29, 1.82) is 0 Å². The van der Waals surface area contributed by atoms with E-state index in [1.165, 1.54) is 51.5 Å². The Morgan fingerprint density at radius 3 is 2.09 bits per heavy atom. The number of hydrogen-bond acceptors (Lipinski definition) is 0. The summed E-state index contributed by atoms with van der Waals surface area (Å²) in [4.78, 5) is 1.58. The summed E-state index contributed by atoms with van der Waals surface area (Å²) in [6.07, 6.45) is 10.1. The predicted octanol–water partition coefficient (Wildman–Crippen LogP) is 1.16. The van der Waals surface area contributed by atoms with E-state index in [1.807, 2.05) is 0 Å². The van der Waals surface area contributed by atoms with Crippen LogP contribution in [0.1, 0.15) is 44.9 Å². The summed E-state index contributed by atoms with van der Waals surface area (Å²) in [5, 5.41) is 0. The fourth-order valence-corrected chi connectivity index (χ4v) is 2.91. The number of rotatable bonds is 0. The monoisotopic (exact) mass is 153 g/mol. The van der Waals surface area contributed by atoms with Gasteiger partial charge in [-0.2, -0.15) is 7.05 Å². The topological polar surface area (TPSA) is 4.44 Å². The van der Waals surface area contributed by atoms with Crippen LogP contribution < -0.4 is 4.90 Å². The second-order valence-electron chi connectivity index (χ2n) is 4.30. The van der Waals surface area contributed by atoms with E-state index >= 15 is 0 Å². The van der Waals surface area contributed by atoms with Crippen molar-refractivity contribution in [2.75, 3.05) is 6.54 Å². The van der Waals surface area contributed by atoms with Crippen molar-refractivity contribution >= 4 is 0 Å². The molecular weight excluding hydrogens is 134 g/mol. The Kier molecular flexibility index (Phi) is 1.92. The summed E-state index contributed by atoms with van der Waals surface area (Å²) in [6.45, 7) is 1.32. The maximum Gasteiger partial charge on any atom is 0.0740 e. The minimum absolute atomic E-state index is 0.637. The second kappa shape index (κ2) is 2.78. The van der Waals surface area contributed by atoms with Gasteiger partial charge in [0.25, 0.3) is 0 Å².